The Morgan fingerprint density at radius 1 is 1.03 bits per heavy atom. The van der Waals surface area contributed by atoms with E-state index in [9.17, 15) is 19.8 Å². The maximum absolute atomic E-state index is 13.1. The summed E-state index contributed by atoms with van der Waals surface area (Å²) in [5.41, 5.74) is 0.957. The molecule has 1 atom stereocenters. The molecule has 3 heterocycles. The number of nitrogens with zero attached hydrogens (tertiary/aromatic N) is 1. The number of phenolic OH excluding ortho intramolecular Hbond substituents is 1. The molecule has 5 rings (SSSR count). The molecule has 1 saturated heterocycles. The summed E-state index contributed by atoms with van der Waals surface area (Å²) >= 11 is 1.48. The standard InChI is InChI=1S/C24H19NO6S/c26-16-6-3-14(4-7-16)21-20(23(28)24(29)25(21)13-17-2-1-11-32-17)22(27)15-5-8-18-19(12-15)31-10-9-30-18/h1-8,11-12,21,26-27H,9-10,13H2/b22-20+. The first-order valence-corrected chi connectivity index (χ1v) is 10.9. The third kappa shape index (κ3) is 3.48. The Bertz CT molecular complexity index is 1220. The topological polar surface area (TPSA) is 96.3 Å². The van der Waals surface area contributed by atoms with Crippen LogP contribution >= 0.6 is 11.3 Å². The molecule has 1 amide bonds. The van der Waals surface area contributed by atoms with Crippen molar-refractivity contribution in [3.05, 3.63) is 81.6 Å². The van der Waals surface area contributed by atoms with Crippen molar-refractivity contribution in [3.8, 4) is 17.2 Å². The van der Waals surface area contributed by atoms with Gasteiger partial charge in [-0.2, -0.15) is 0 Å². The van der Waals surface area contributed by atoms with Gasteiger partial charge < -0.3 is 24.6 Å². The number of thiophene rings is 1. The summed E-state index contributed by atoms with van der Waals surface area (Å²) in [7, 11) is 0. The number of hydrogen-bond acceptors (Lipinski definition) is 7. The highest BCUT2D eigenvalue weighted by molar-refractivity contribution is 7.09. The molecule has 32 heavy (non-hydrogen) atoms. The first-order valence-electron chi connectivity index (χ1n) is 10.0. The van der Waals surface area contributed by atoms with E-state index in [0.29, 0.717) is 35.8 Å². The lowest BCUT2D eigenvalue weighted by atomic mass is 9.95. The molecule has 3 aromatic rings. The van der Waals surface area contributed by atoms with Crippen molar-refractivity contribution in [3.63, 3.8) is 0 Å². The van der Waals surface area contributed by atoms with E-state index in [1.165, 1.54) is 28.4 Å². The smallest absolute Gasteiger partial charge is 0.295 e. The third-order valence-electron chi connectivity index (χ3n) is 5.47. The lowest BCUT2D eigenvalue weighted by Gasteiger charge is -2.25. The Morgan fingerprint density at radius 2 is 1.78 bits per heavy atom. The number of aliphatic hydroxyl groups excluding tert-OH is 1. The fourth-order valence-corrected chi connectivity index (χ4v) is 4.67. The van der Waals surface area contributed by atoms with Crippen molar-refractivity contribution in [2.24, 2.45) is 0 Å². The molecular formula is C24H19NO6S. The number of amides is 1. The Labute approximate surface area is 187 Å². The van der Waals surface area contributed by atoms with E-state index >= 15 is 0 Å². The molecule has 8 heteroatoms. The van der Waals surface area contributed by atoms with Crippen LogP contribution in [0, 0.1) is 0 Å². The second-order valence-corrected chi connectivity index (χ2v) is 8.49. The van der Waals surface area contributed by atoms with Gasteiger partial charge in [-0.25, -0.2) is 0 Å². The molecule has 7 nitrogen and oxygen atoms in total. The normalized spacial score (nSPS) is 19.4. The maximum atomic E-state index is 13.1. The van der Waals surface area contributed by atoms with Gasteiger partial charge in [-0.1, -0.05) is 18.2 Å². The first-order chi connectivity index (χ1) is 15.5. The fourth-order valence-electron chi connectivity index (χ4n) is 3.96. The number of aliphatic hydroxyl groups is 1. The predicted molar refractivity (Wildman–Crippen MR) is 118 cm³/mol. The average Bonchev–Trinajstić information content (AvgIpc) is 3.41. The van der Waals surface area contributed by atoms with Crippen molar-refractivity contribution < 1.29 is 29.3 Å². The Kier molecular flexibility index (Phi) is 5.07. The summed E-state index contributed by atoms with van der Waals surface area (Å²) < 4.78 is 11.1. The van der Waals surface area contributed by atoms with Gasteiger partial charge in [0.15, 0.2) is 11.5 Å². The molecule has 162 valence electrons. The van der Waals surface area contributed by atoms with Crippen LogP contribution in [0.25, 0.3) is 5.76 Å². The second kappa shape index (κ2) is 8.05. The van der Waals surface area contributed by atoms with Crippen LogP contribution < -0.4 is 9.47 Å². The van der Waals surface area contributed by atoms with Gasteiger partial charge in [0.25, 0.3) is 11.7 Å². The van der Waals surface area contributed by atoms with Gasteiger partial charge in [-0.15, -0.1) is 11.3 Å². The van der Waals surface area contributed by atoms with Crippen LogP contribution in [0.5, 0.6) is 17.2 Å². The second-order valence-electron chi connectivity index (χ2n) is 7.46. The summed E-state index contributed by atoms with van der Waals surface area (Å²) in [5.74, 6) is -0.638. The quantitative estimate of drug-likeness (QED) is 0.357. The molecule has 1 unspecified atom stereocenters. The van der Waals surface area contributed by atoms with Crippen LogP contribution in [0.4, 0.5) is 0 Å². The molecule has 2 aliphatic rings. The lowest BCUT2D eigenvalue weighted by molar-refractivity contribution is -0.140. The van der Waals surface area contributed by atoms with E-state index in [1.54, 1.807) is 30.3 Å². The van der Waals surface area contributed by atoms with Gasteiger partial charge >= 0.3 is 0 Å². The molecule has 0 radical (unpaired) electrons. The summed E-state index contributed by atoms with van der Waals surface area (Å²) in [6.07, 6.45) is 0. The van der Waals surface area contributed by atoms with Crippen molar-refractivity contribution in [1.82, 2.24) is 4.90 Å². The zero-order chi connectivity index (χ0) is 22.2. The molecule has 2 N–H and O–H groups in total. The van der Waals surface area contributed by atoms with Gasteiger partial charge in [-0.05, 0) is 47.3 Å². The van der Waals surface area contributed by atoms with Gasteiger partial charge in [0.05, 0.1) is 18.2 Å². The molecule has 2 aliphatic heterocycles. The van der Waals surface area contributed by atoms with E-state index in [-0.39, 0.29) is 23.6 Å². The zero-order valence-corrected chi connectivity index (χ0v) is 17.7. The molecule has 2 aromatic carbocycles. The van der Waals surface area contributed by atoms with Crippen molar-refractivity contribution >= 4 is 28.8 Å². The minimum absolute atomic E-state index is 0.00563. The van der Waals surface area contributed by atoms with E-state index in [0.717, 1.165) is 4.88 Å². The van der Waals surface area contributed by atoms with Crippen LogP contribution in [-0.2, 0) is 16.1 Å². The third-order valence-corrected chi connectivity index (χ3v) is 6.33. The summed E-state index contributed by atoms with van der Waals surface area (Å²) in [6.45, 7) is 1.05. The number of likely N-dealkylation sites (tertiary alicyclic amines) is 1. The van der Waals surface area contributed by atoms with Crippen molar-refractivity contribution in [2.45, 2.75) is 12.6 Å². The number of carbonyl (C=O) groups excluding carboxylic acids is 2. The first kappa shape index (κ1) is 20.1. The number of ketones is 1. The number of fused-ring (bicyclic) bond motifs is 1. The highest BCUT2D eigenvalue weighted by Gasteiger charge is 2.46. The van der Waals surface area contributed by atoms with Crippen LogP contribution in [0.2, 0.25) is 0 Å². The molecule has 1 aromatic heterocycles. The molecule has 1 fully saturated rings. The Hall–Kier alpha value is -3.78. The zero-order valence-electron chi connectivity index (χ0n) is 16.9. The van der Waals surface area contributed by atoms with Gasteiger partial charge in [0.1, 0.15) is 24.7 Å². The number of rotatable bonds is 4. The van der Waals surface area contributed by atoms with Crippen molar-refractivity contribution in [2.75, 3.05) is 13.2 Å². The van der Waals surface area contributed by atoms with E-state index in [1.807, 2.05) is 17.5 Å². The summed E-state index contributed by atoms with van der Waals surface area (Å²) in [6, 6.07) is 14.1. The predicted octanol–water partition coefficient (Wildman–Crippen LogP) is 3.85. The van der Waals surface area contributed by atoms with Crippen LogP contribution in [0.1, 0.15) is 22.0 Å². The fraction of sp³-hybridized carbons (Fsp3) is 0.167. The molecule has 0 aliphatic carbocycles. The number of benzene rings is 2. The number of ether oxygens (including phenoxy) is 2. The SMILES string of the molecule is O=C1C(=O)N(Cc2cccs2)C(c2ccc(O)cc2)/C1=C(\O)c1ccc2c(c1)OCCO2. The average molecular weight is 449 g/mol. The summed E-state index contributed by atoms with van der Waals surface area (Å²) in [4.78, 5) is 28.5. The summed E-state index contributed by atoms with van der Waals surface area (Å²) in [5, 5.41) is 22.8. The Morgan fingerprint density at radius 3 is 2.50 bits per heavy atom. The van der Waals surface area contributed by atoms with Crippen LogP contribution in [0.3, 0.4) is 0 Å². The monoisotopic (exact) mass is 449 g/mol. The largest absolute Gasteiger partial charge is 0.508 e. The van der Waals surface area contributed by atoms with Gasteiger partial charge in [0.2, 0.25) is 0 Å². The minimum atomic E-state index is -0.800. The number of Topliss-reactive ketones (excluding diaryl/α,β-unsaturated/α-hetero) is 1. The van der Waals surface area contributed by atoms with Crippen LogP contribution in [-0.4, -0.2) is 40.0 Å². The number of carbonyl (C=O) groups is 2. The lowest BCUT2D eigenvalue weighted by Crippen LogP contribution is -2.28. The van der Waals surface area contributed by atoms with E-state index < -0.39 is 17.7 Å². The van der Waals surface area contributed by atoms with Gasteiger partial charge in [-0.3, -0.25) is 9.59 Å². The maximum Gasteiger partial charge on any atom is 0.295 e. The number of hydrogen-bond donors (Lipinski definition) is 2. The number of phenols is 1. The molecule has 0 bridgehead atoms. The van der Waals surface area contributed by atoms with Crippen LogP contribution in [0.15, 0.2) is 65.6 Å². The number of aromatic hydroxyl groups is 1. The Balaban J connectivity index is 1.63. The molecular weight excluding hydrogens is 430 g/mol. The minimum Gasteiger partial charge on any atom is -0.508 e. The highest BCUT2D eigenvalue weighted by atomic mass is 32.1. The van der Waals surface area contributed by atoms with Crippen molar-refractivity contribution in [1.29, 1.82) is 0 Å². The highest BCUT2D eigenvalue weighted by Crippen LogP contribution is 2.42. The molecule has 0 spiro atoms. The molecule has 0 saturated carbocycles. The van der Waals surface area contributed by atoms with E-state index in [4.69, 9.17) is 9.47 Å². The van der Waals surface area contributed by atoms with Gasteiger partial charge in [0, 0.05) is 10.4 Å². The van der Waals surface area contributed by atoms with E-state index in [2.05, 4.69) is 0 Å².